The number of fused-ring (bicyclic) bond motifs is 1. The summed E-state index contributed by atoms with van der Waals surface area (Å²) >= 11 is 0. The van der Waals surface area contributed by atoms with Crippen LogP contribution in [0.25, 0.3) is 0 Å². The highest BCUT2D eigenvalue weighted by Gasteiger charge is 2.61. The first-order chi connectivity index (χ1) is 14.0. The van der Waals surface area contributed by atoms with E-state index >= 15 is 0 Å². The van der Waals surface area contributed by atoms with Crippen LogP contribution in [-0.2, 0) is 19.0 Å². The standard InChI is InChI=1S/C22H36O8/c1-12-11-15(23)21(3)13(17(25)26)7-6-8-14(21)20(12,2)9-10-22(27)16(24)18(28-4)30-19(22)29-5/h7,12,14-16,18-19,23-24,27H,6,8-11H2,1-5H3,(H,25,26)/t12-,14-,15+,16-,18-,19+,20+,21+,22-/m1/s1. The van der Waals surface area contributed by atoms with Crippen LogP contribution in [0, 0.1) is 22.7 Å². The Hall–Kier alpha value is -1.03. The van der Waals surface area contributed by atoms with Crippen molar-refractivity contribution in [3.63, 3.8) is 0 Å². The molecule has 0 unspecified atom stereocenters. The number of aliphatic carboxylic acids is 1. The van der Waals surface area contributed by atoms with E-state index in [1.807, 2.05) is 6.92 Å². The Morgan fingerprint density at radius 3 is 2.47 bits per heavy atom. The van der Waals surface area contributed by atoms with Crippen LogP contribution in [0.15, 0.2) is 11.6 Å². The van der Waals surface area contributed by atoms with Gasteiger partial charge in [0.05, 0.1) is 6.10 Å². The number of aliphatic hydroxyl groups is 3. The number of methoxy groups -OCH3 is 2. The number of allylic oxidation sites excluding steroid dienone is 1. The minimum atomic E-state index is -1.65. The molecule has 2 aliphatic carbocycles. The van der Waals surface area contributed by atoms with E-state index in [9.17, 15) is 25.2 Å². The van der Waals surface area contributed by atoms with Crippen LogP contribution >= 0.6 is 0 Å². The summed E-state index contributed by atoms with van der Waals surface area (Å²) in [6.07, 6.45) is 0.288. The van der Waals surface area contributed by atoms with E-state index in [1.54, 1.807) is 6.08 Å². The topological polar surface area (TPSA) is 126 Å². The number of rotatable bonds is 6. The van der Waals surface area contributed by atoms with Crippen molar-refractivity contribution in [3.05, 3.63) is 11.6 Å². The van der Waals surface area contributed by atoms with Crippen LogP contribution in [0.4, 0.5) is 0 Å². The first-order valence-corrected chi connectivity index (χ1v) is 10.7. The first-order valence-electron chi connectivity index (χ1n) is 10.7. The molecule has 1 aliphatic heterocycles. The highest BCUT2D eigenvalue weighted by atomic mass is 16.8. The molecule has 2 fully saturated rings. The van der Waals surface area contributed by atoms with Crippen molar-refractivity contribution < 1.29 is 39.4 Å². The van der Waals surface area contributed by atoms with Crippen molar-refractivity contribution in [2.24, 2.45) is 22.7 Å². The van der Waals surface area contributed by atoms with E-state index in [2.05, 4.69) is 13.8 Å². The van der Waals surface area contributed by atoms with Gasteiger partial charge < -0.3 is 34.6 Å². The summed E-state index contributed by atoms with van der Waals surface area (Å²) in [7, 11) is 2.80. The number of carboxylic acids is 1. The number of hydrogen-bond acceptors (Lipinski definition) is 7. The summed E-state index contributed by atoms with van der Waals surface area (Å²) in [6, 6.07) is 0. The molecule has 1 saturated carbocycles. The summed E-state index contributed by atoms with van der Waals surface area (Å²) in [6.45, 7) is 6.03. The summed E-state index contributed by atoms with van der Waals surface area (Å²) in [5, 5.41) is 42.6. The Labute approximate surface area is 177 Å². The van der Waals surface area contributed by atoms with E-state index in [4.69, 9.17) is 14.2 Å². The van der Waals surface area contributed by atoms with Gasteiger partial charge in [0.2, 0.25) is 0 Å². The Morgan fingerprint density at radius 1 is 1.23 bits per heavy atom. The zero-order valence-corrected chi connectivity index (χ0v) is 18.5. The van der Waals surface area contributed by atoms with Gasteiger partial charge >= 0.3 is 5.97 Å². The number of carbonyl (C=O) groups is 1. The van der Waals surface area contributed by atoms with E-state index in [1.165, 1.54) is 14.2 Å². The average Bonchev–Trinajstić information content (AvgIpc) is 2.95. The second kappa shape index (κ2) is 8.15. The maximum Gasteiger partial charge on any atom is 0.331 e. The molecule has 3 rings (SSSR count). The smallest absolute Gasteiger partial charge is 0.331 e. The van der Waals surface area contributed by atoms with E-state index in [-0.39, 0.29) is 29.2 Å². The van der Waals surface area contributed by atoms with Crippen molar-refractivity contribution in [1.82, 2.24) is 0 Å². The molecule has 0 amide bonds. The molecule has 3 aliphatic rings. The molecule has 1 heterocycles. The van der Waals surface area contributed by atoms with Gasteiger partial charge in [-0.3, -0.25) is 0 Å². The molecule has 0 aromatic heterocycles. The number of aliphatic hydroxyl groups excluding tert-OH is 2. The Kier molecular flexibility index (Phi) is 6.42. The molecule has 0 spiro atoms. The molecule has 9 atom stereocenters. The van der Waals surface area contributed by atoms with Crippen molar-refractivity contribution in [2.45, 2.75) is 83.3 Å². The van der Waals surface area contributed by atoms with Gasteiger partial charge in [-0.25, -0.2) is 4.79 Å². The van der Waals surface area contributed by atoms with Crippen molar-refractivity contribution in [2.75, 3.05) is 14.2 Å². The predicted octanol–water partition coefficient (Wildman–Crippen LogP) is 1.67. The fourth-order valence-corrected chi connectivity index (χ4v) is 6.33. The second-order valence-electron chi connectivity index (χ2n) is 9.74. The third-order valence-electron chi connectivity index (χ3n) is 8.48. The van der Waals surface area contributed by atoms with Crippen molar-refractivity contribution >= 4 is 5.97 Å². The number of ether oxygens (including phenoxy) is 3. The maximum atomic E-state index is 12.0. The molecular formula is C22H36O8. The maximum absolute atomic E-state index is 12.0. The lowest BCUT2D eigenvalue weighted by molar-refractivity contribution is -0.222. The fourth-order valence-electron chi connectivity index (χ4n) is 6.33. The molecule has 0 aromatic rings. The normalized spacial score (nSPS) is 48.9. The van der Waals surface area contributed by atoms with Gasteiger partial charge in [0, 0.05) is 25.2 Å². The molecule has 1 saturated heterocycles. The van der Waals surface area contributed by atoms with Crippen LogP contribution in [0.5, 0.6) is 0 Å². The third-order valence-corrected chi connectivity index (χ3v) is 8.48. The zero-order chi connectivity index (χ0) is 22.5. The highest BCUT2D eigenvalue weighted by molar-refractivity contribution is 5.88. The van der Waals surface area contributed by atoms with Crippen LogP contribution in [0.3, 0.4) is 0 Å². The molecule has 0 radical (unpaired) electrons. The highest BCUT2D eigenvalue weighted by Crippen LogP contribution is 2.62. The molecule has 0 aromatic carbocycles. The molecule has 8 heteroatoms. The molecule has 0 bridgehead atoms. The Morgan fingerprint density at radius 2 is 1.90 bits per heavy atom. The molecule has 30 heavy (non-hydrogen) atoms. The third kappa shape index (κ3) is 3.32. The monoisotopic (exact) mass is 428 g/mol. The lowest BCUT2D eigenvalue weighted by Crippen LogP contribution is -2.58. The summed E-state index contributed by atoms with van der Waals surface area (Å²) in [5.74, 6) is -0.970. The zero-order valence-electron chi connectivity index (χ0n) is 18.5. The summed E-state index contributed by atoms with van der Waals surface area (Å²) in [4.78, 5) is 12.0. The Bertz CT molecular complexity index is 691. The van der Waals surface area contributed by atoms with Gasteiger partial charge in [0.1, 0.15) is 11.7 Å². The first kappa shape index (κ1) is 23.6. The minimum Gasteiger partial charge on any atom is -0.478 e. The van der Waals surface area contributed by atoms with Gasteiger partial charge in [-0.05, 0) is 49.4 Å². The van der Waals surface area contributed by atoms with Gasteiger partial charge in [-0.1, -0.05) is 26.8 Å². The van der Waals surface area contributed by atoms with Crippen LogP contribution in [0.2, 0.25) is 0 Å². The molecule has 172 valence electrons. The lowest BCUT2D eigenvalue weighted by atomic mass is 9.45. The Balaban J connectivity index is 1.91. The van der Waals surface area contributed by atoms with Crippen molar-refractivity contribution in [1.29, 1.82) is 0 Å². The number of hydrogen-bond donors (Lipinski definition) is 4. The van der Waals surface area contributed by atoms with E-state index in [0.29, 0.717) is 19.3 Å². The van der Waals surface area contributed by atoms with Gasteiger partial charge in [-0.15, -0.1) is 0 Å². The predicted molar refractivity (Wildman–Crippen MR) is 107 cm³/mol. The fraction of sp³-hybridized carbons (Fsp3) is 0.864. The van der Waals surface area contributed by atoms with Crippen molar-refractivity contribution in [3.8, 4) is 0 Å². The minimum absolute atomic E-state index is 0.0814. The summed E-state index contributed by atoms with van der Waals surface area (Å²) in [5.41, 5.74) is -2.59. The summed E-state index contributed by atoms with van der Waals surface area (Å²) < 4.78 is 15.9. The van der Waals surface area contributed by atoms with Crippen LogP contribution < -0.4 is 0 Å². The van der Waals surface area contributed by atoms with Crippen LogP contribution in [0.1, 0.15) is 52.9 Å². The van der Waals surface area contributed by atoms with E-state index < -0.39 is 41.8 Å². The van der Waals surface area contributed by atoms with E-state index in [0.717, 1.165) is 6.42 Å². The van der Waals surface area contributed by atoms with Crippen LogP contribution in [-0.4, -0.2) is 71.0 Å². The quantitative estimate of drug-likeness (QED) is 0.503. The SMILES string of the molecule is CO[C@@H]1O[C@H](OC)[C@@](O)(CC[C@@]2(C)[C@H](C)C[C@H](O)[C@@]3(C)C(C(=O)O)=CCC[C@H]23)[C@@H]1O. The van der Waals surface area contributed by atoms with Gasteiger partial charge in [-0.2, -0.15) is 0 Å². The lowest BCUT2D eigenvalue weighted by Gasteiger charge is -2.59. The molecule has 4 N–H and O–H groups in total. The second-order valence-corrected chi connectivity index (χ2v) is 9.74. The van der Waals surface area contributed by atoms with Gasteiger partial charge in [0.25, 0.3) is 0 Å². The number of carboxylic acid groups (broad SMARTS) is 1. The van der Waals surface area contributed by atoms with Gasteiger partial charge in [0.15, 0.2) is 12.6 Å². The molecule has 8 nitrogen and oxygen atoms in total. The largest absolute Gasteiger partial charge is 0.478 e. The average molecular weight is 429 g/mol. The molecular weight excluding hydrogens is 392 g/mol.